The first-order valence-electron chi connectivity index (χ1n) is 9.00. The summed E-state index contributed by atoms with van der Waals surface area (Å²) in [6, 6.07) is 0. The minimum atomic E-state index is -0.936. The van der Waals surface area contributed by atoms with E-state index in [4.69, 9.17) is 5.11 Å². The molecule has 132 valence electrons. The largest absolute Gasteiger partial charge is 0.478 e. The van der Waals surface area contributed by atoms with Crippen molar-refractivity contribution >= 4 is 5.97 Å². The number of carbonyl (C=O) groups is 1. The highest BCUT2D eigenvalue weighted by Crippen LogP contribution is 2.08. The zero-order valence-electron chi connectivity index (χ0n) is 14.9. The van der Waals surface area contributed by atoms with E-state index in [-0.39, 0.29) is 0 Å². The predicted molar refractivity (Wildman–Crippen MR) is 105 cm³/mol. The van der Waals surface area contributed by atoms with Crippen LogP contribution in [0.5, 0.6) is 0 Å². The molecule has 24 heavy (non-hydrogen) atoms. The molecule has 0 aromatic carbocycles. The van der Waals surface area contributed by atoms with E-state index in [1.54, 1.807) is 12.2 Å². The zero-order chi connectivity index (χ0) is 17.7. The van der Waals surface area contributed by atoms with Crippen LogP contribution in [0.3, 0.4) is 0 Å². The minimum absolute atomic E-state index is 0.936. The molecule has 0 rings (SSSR count). The van der Waals surface area contributed by atoms with E-state index in [0.29, 0.717) is 0 Å². The van der Waals surface area contributed by atoms with Crippen molar-refractivity contribution in [3.8, 4) is 0 Å². The first-order valence-corrected chi connectivity index (χ1v) is 9.00. The lowest BCUT2D eigenvalue weighted by atomic mass is 10.1. The van der Waals surface area contributed by atoms with E-state index < -0.39 is 5.97 Å². The average Bonchev–Trinajstić information content (AvgIpc) is 2.56. The summed E-state index contributed by atoms with van der Waals surface area (Å²) in [7, 11) is 0. The van der Waals surface area contributed by atoms with Crippen molar-refractivity contribution < 1.29 is 9.90 Å². The molecule has 0 saturated carbocycles. The average molecular weight is 328 g/mol. The first-order chi connectivity index (χ1) is 11.8. The number of hydrogen-bond acceptors (Lipinski definition) is 1. The van der Waals surface area contributed by atoms with Crippen LogP contribution in [0.1, 0.15) is 58.3 Å². The van der Waals surface area contributed by atoms with Crippen LogP contribution >= 0.6 is 0 Å². The van der Waals surface area contributed by atoms with Gasteiger partial charge in [-0.3, -0.25) is 0 Å². The second kappa shape index (κ2) is 19.0. The van der Waals surface area contributed by atoms with Crippen LogP contribution in [-0.4, -0.2) is 11.1 Å². The van der Waals surface area contributed by atoms with E-state index in [1.807, 2.05) is 36.5 Å². The van der Waals surface area contributed by atoms with Crippen molar-refractivity contribution in [1.82, 2.24) is 0 Å². The molecule has 0 bridgehead atoms. The maximum Gasteiger partial charge on any atom is 0.328 e. The summed E-state index contributed by atoms with van der Waals surface area (Å²) in [6.07, 6.45) is 32.7. The summed E-state index contributed by atoms with van der Waals surface area (Å²) < 4.78 is 0. The molecule has 0 aromatic heterocycles. The Labute approximate surface area is 147 Å². The minimum Gasteiger partial charge on any atom is -0.478 e. The van der Waals surface area contributed by atoms with Crippen molar-refractivity contribution in [3.63, 3.8) is 0 Å². The highest BCUT2D eigenvalue weighted by Gasteiger charge is 1.88. The lowest BCUT2D eigenvalue weighted by Crippen LogP contribution is -1.84. The number of allylic oxidation sites excluding steroid dienone is 11. The van der Waals surface area contributed by atoms with Crippen molar-refractivity contribution in [3.05, 3.63) is 72.9 Å². The van der Waals surface area contributed by atoms with Crippen molar-refractivity contribution in [1.29, 1.82) is 0 Å². The molecule has 1 N–H and O–H groups in total. The van der Waals surface area contributed by atoms with Gasteiger partial charge in [-0.1, -0.05) is 112 Å². The Hall–Kier alpha value is -2.09. The molecule has 0 unspecified atom stereocenters. The van der Waals surface area contributed by atoms with E-state index >= 15 is 0 Å². The Kier molecular flexibility index (Phi) is 17.3. The second-order valence-corrected chi connectivity index (χ2v) is 5.58. The van der Waals surface area contributed by atoms with Crippen molar-refractivity contribution in [2.75, 3.05) is 0 Å². The fourth-order valence-electron chi connectivity index (χ4n) is 2.05. The van der Waals surface area contributed by atoms with Gasteiger partial charge in [-0.25, -0.2) is 4.79 Å². The third kappa shape index (κ3) is 19.9. The fraction of sp³-hybridized carbons (Fsp3) is 0.409. The Bertz CT molecular complexity index is 462. The number of rotatable bonds is 14. The molecular formula is C22H32O2. The topological polar surface area (TPSA) is 37.3 Å². The SMILES string of the molecule is CCCCCCCCC/C=C\C=CC=CC=CC=CC=CC(=O)O. The van der Waals surface area contributed by atoms with Crippen LogP contribution in [0.15, 0.2) is 72.9 Å². The maximum atomic E-state index is 10.2. The summed E-state index contributed by atoms with van der Waals surface area (Å²) >= 11 is 0. The molecule has 0 aliphatic rings. The molecule has 0 saturated heterocycles. The van der Waals surface area contributed by atoms with E-state index in [0.717, 1.165) is 12.5 Å². The van der Waals surface area contributed by atoms with E-state index in [2.05, 4.69) is 19.1 Å². The lowest BCUT2D eigenvalue weighted by Gasteiger charge is -1.98. The molecule has 0 fully saturated rings. The van der Waals surface area contributed by atoms with Gasteiger partial charge in [-0.15, -0.1) is 0 Å². The van der Waals surface area contributed by atoms with Gasteiger partial charge in [-0.05, 0) is 12.8 Å². The summed E-state index contributed by atoms with van der Waals surface area (Å²) in [5, 5.41) is 8.39. The van der Waals surface area contributed by atoms with Gasteiger partial charge >= 0.3 is 5.97 Å². The molecule has 0 amide bonds. The third-order valence-electron chi connectivity index (χ3n) is 3.35. The number of aliphatic carboxylic acids is 1. The fourth-order valence-corrected chi connectivity index (χ4v) is 2.05. The van der Waals surface area contributed by atoms with Crippen LogP contribution < -0.4 is 0 Å². The normalized spacial score (nSPS) is 13.0. The van der Waals surface area contributed by atoms with Crippen LogP contribution in [-0.2, 0) is 4.79 Å². The van der Waals surface area contributed by atoms with Crippen LogP contribution in [0.4, 0.5) is 0 Å². The van der Waals surface area contributed by atoms with Gasteiger partial charge in [0.2, 0.25) is 0 Å². The van der Waals surface area contributed by atoms with Gasteiger partial charge in [0.05, 0.1) is 0 Å². The number of carboxylic acids is 1. The quantitative estimate of drug-likeness (QED) is 0.223. The Morgan fingerprint density at radius 1 is 0.667 bits per heavy atom. The molecule has 2 nitrogen and oxygen atoms in total. The standard InChI is InChI=1S/C22H32O2/c1-2-3-4-5-6-7-8-9-10-11-12-13-14-15-16-17-18-19-20-21-22(23)24/h10-21H,2-9H2,1H3,(H,23,24)/b11-10-,13-12?,15-14?,17-16?,19-18?,21-20?. The summed E-state index contributed by atoms with van der Waals surface area (Å²) in [6.45, 7) is 2.25. The monoisotopic (exact) mass is 328 g/mol. The van der Waals surface area contributed by atoms with E-state index in [9.17, 15) is 4.79 Å². The molecule has 2 heteroatoms. The van der Waals surface area contributed by atoms with Crippen LogP contribution in [0.25, 0.3) is 0 Å². The van der Waals surface area contributed by atoms with Gasteiger partial charge in [0.1, 0.15) is 0 Å². The van der Waals surface area contributed by atoms with Gasteiger partial charge in [0.25, 0.3) is 0 Å². The maximum absolute atomic E-state index is 10.2. The van der Waals surface area contributed by atoms with E-state index in [1.165, 1.54) is 51.0 Å². The highest BCUT2D eigenvalue weighted by atomic mass is 16.4. The summed E-state index contributed by atoms with van der Waals surface area (Å²) in [5.41, 5.74) is 0. The molecule has 0 aliphatic carbocycles. The van der Waals surface area contributed by atoms with Crippen LogP contribution in [0, 0.1) is 0 Å². The van der Waals surface area contributed by atoms with Crippen molar-refractivity contribution in [2.45, 2.75) is 58.3 Å². The van der Waals surface area contributed by atoms with Gasteiger partial charge in [-0.2, -0.15) is 0 Å². The van der Waals surface area contributed by atoms with Crippen LogP contribution in [0.2, 0.25) is 0 Å². The first kappa shape index (κ1) is 21.9. The molecule has 0 spiro atoms. The number of carboxylic acid groups (broad SMARTS) is 1. The molecule has 0 radical (unpaired) electrons. The molecule has 0 heterocycles. The Morgan fingerprint density at radius 2 is 1.12 bits per heavy atom. The zero-order valence-corrected chi connectivity index (χ0v) is 14.9. The smallest absolute Gasteiger partial charge is 0.328 e. The summed E-state index contributed by atoms with van der Waals surface area (Å²) in [4.78, 5) is 10.2. The Balaban J connectivity index is 3.57. The Morgan fingerprint density at radius 3 is 1.67 bits per heavy atom. The number of hydrogen-bond donors (Lipinski definition) is 1. The summed E-state index contributed by atoms with van der Waals surface area (Å²) in [5.74, 6) is -0.936. The van der Waals surface area contributed by atoms with Gasteiger partial charge in [0, 0.05) is 6.08 Å². The highest BCUT2D eigenvalue weighted by molar-refractivity contribution is 5.80. The molecule has 0 aliphatic heterocycles. The molecular weight excluding hydrogens is 296 g/mol. The van der Waals surface area contributed by atoms with Gasteiger partial charge in [0.15, 0.2) is 0 Å². The van der Waals surface area contributed by atoms with Gasteiger partial charge < -0.3 is 5.11 Å². The molecule has 0 aromatic rings. The number of unbranched alkanes of at least 4 members (excludes halogenated alkanes) is 7. The lowest BCUT2D eigenvalue weighted by molar-refractivity contribution is -0.131. The molecule has 0 atom stereocenters. The second-order valence-electron chi connectivity index (χ2n) is 5.58. The predicted octanol–water partition coefficient (Wildman–Crippen LogP) is 6.55. The third-order valence-corrected chi connectivity index (χ3v) is 3.35. The van der Waals surface area contributed by atoms with Crippen molar-refractivity contribution in [2.24, 2.45) is 0 Å².